The number of rotatable bonds is 4. The van der Waals surface area contributed by atoms with Crippen molar-refractivity contribution >= 4 is 48.9 Å². The molecule has 0 aliphatic carbocycles. The van der Waals surface area contributed by atoms with Crippen molar-refractivity contribution in [2.75, 3.05) is 17.6 Å². The van der Waals surface area contributed by atoms with Crippen molar-refractivity contribution in [2.45, 2.75) is 4.90 Å². The number of methoxy groups -OCH3 is 1. The first-order chi connectivity index (χ1) is 9.83. The Balaban J connectivity index is 2.47. The van der Waals surface area contributed by atoms with Gasteiger partial charge in [0.05, 0.1) is 18.5 Å². The van der Waals surface area contributed by atoms with Crippen LogP contribution in [0.3, 0.4) is 0 Å². The van der Waals surface area contributed by atoms with Gasteiger partial charge in [-0.25, -0.2) is 8.42 Å². The highest BCUT2D eigenvalue weighted by Crippen LogP contribution is 2.31. The summed E-state index contributed by atoms with van der Waals surface area (Å²) in [5.41, 5.74) is 6.12. The van der Waals surface area contributed by atoms with Crippen molar-refractivity contribution in [1.29, 1.82) is 0 Å². The second kappa shape index (κ2) is 6.13. The number of nitrogens with one attached hydrogen (secondary N) is 1. The predicted octanol–water partition coefficient (Wildman–Crippen LogP) is 3.49. The minimum Gasteiger partial charge on any atom is -0.495 e. The van der Waals surface area contributed by atoms with Crippen LogP contribution >= 0.6 is 27.5 Å². The first-order valence-electron chi connectivity index (χ1n) is 5.75. The van der Waals surface area contributed by atoms with Crippen molar-refractivity contribution in [3.63, 3.8) is 0 Å². The minimum absolute atomic E-state index is 0.0288. The van der Waals surface area contributed by atoms with E-state index in [0.29, 0.717) is 15.2 Å². The highest BCUT2D eigenvalue weighted by Gasteiger charge is 2.20. The summed E-state index contributed by atoms with van der Waals surface area (Å²) in [7, 11) is -2.42. The van der Waals surface area contributed by atoms with Crippen LogP contribution in [0.1, 0.15) is 0 Å². The summed E-state index contributed by atoms with van der Waals surface area (Å²) in [6.07, 6.45) is 0. The fourth-order valence-corrected chi connectivity index (χ4v) is 3.60. The van der Waals surface area contributed by atoms with Crippen LogP contribution in [0.15, 0.2) is 45.8 Å². The molecule has 0 bridgehead atoms. The maximum absolute atomic E-state index is 12.4. The number of nitrogen functional groups attached to an aromatic ring is 1. The van der Waals surface area contributed by atoms with Gasteiger partial charge in [0.15, 0.2) is 0 Å². The number of sulfonamides is 1. The third-order valence-electron chi connectivity index (χ3n) is 2.67. The van der Waals surface area contributed by atoms with Crippen molar-refractivity contribution < 1.29 is 13.2 Å². The van der Waals surface area contributed by atoms with Crippen LogP contribution in [0.4, 0.5) is 11.4 Å². The first-order valence-corrected chi connectivity index (χ1v) is 8.40. The number of halogens is 2. The average molecular weight is 392 g/mol. The van der Waals surface area contributed by atoms with Crippen LogP contribution in [0.25, 0.3) is 0 Å². The van der Waals surface area contributed by atoms with Gasteiger partial charge in [-0.1, -0.05) is 27.5 Å². The van der Waals surface area contributed by atoms with E-state index in [1.54, 1.807) is 18.2 Å². The molecule has 0 radical (unpaired) electrons. The third kappa shape index (κ3) is 3.61. The molecule has 0 saturated carbocycles. The maximum Gasteiger partial charge on any atom is 0.264 e. The van der Waals surface area contributed by atoms with E-state index >= 15 is 0 Å². The molecule has 0 atom stereocenters. The number of benzene rings is 2. The van der Waals surface area contributed by atoms with E-state index in [4.69, 9.17) is 22.1 Å². The monoisotopic (exact) mass is 390 g/mol. The minimum atomic E-state index is -3.86. The summed E-state index contributed by atoms with van der Waals surface area (Å²) in [4.78, 5) is -0.0288. The molecule has 3 N–H and O–H groups in total. The van der Waals surface area contributed by atoms with E-state index in [2.05, 4.69) is 20.7 Å². The Labute approximate surface area is 136 Å². The highest BCUT2D eigenvalue weighted by molar-refractivity contribution is 9.10. The fraction of sp³-hybridized carbons (Fsp3) is 0.0769. The number of nitrogens with two attached hydrogens (primary N) is 1. The van der Waals surface area contributed by atoms with Gasteiger partial charge in [-0.2, -0.15) is 0 Å². The fourth-order valence-electron chi connectivity index (χ4n) is 1.70. The zero-order chi connectivity index (χ0) is 15.6. The zero-order valence-corrected chi connectivity index (χ0v) is 14.1. The largest absolute Gasteiger partial charge is 0.495 e. The molecule has 2 aromatic rings. The summed E-state index contributed by atoms with van der Waals surface area (Å²) in [6.45, 7) is 0. The smallest absolute Gasteiger partial charge is 0.264 e. The van der Waals surface area contributed by atoms with Gasteiger partial charge in [0.25, 0.3) is 10.0 Å². The van der Waals surface area contributed by atoms with Crippen molar-refractivity contribution in [2.24, 2.45) is 0 Å². The van der Waals surface area contributed by atoms with E-state index in [0.717, 1.165) is 0 Å². The standard InChI is InChI=1S/C13H12BrClN2O3S/c1-20-12-5-3-9(15)7-11(12)17-21(18,19)13-6-8(14)2-4-10(13)16/h2-7,17H,16H2,1H3. The zero-order valence-electron chi connectivity index (χ0n) is 10.9. The normalized spacial score (nSPS) is 11.2. The molecular weight excluding hydrogens is 380 g/mol. The van der Waals surface area contributed by atoms with E-state index in [1.165, 1.54) is 25.3 Å². The molecule has 0 aromatic heterocycles. The predicted molar refractivity (Wildman–Crippen MR) is 87.4 cm³/mol. The molecule has 2 rings (SSSR count). The molecule has 0 fully saturated rings. The number of ether oxygens (including phenoxy) is 1. The third-order valence-corrected chi connectivity index (χ3v) is 4.82. The summed E-state index contributed by atoms with van der Waals surface area (Å²) in [6, 6.07) is 9.24. The number of anilines is 2. The lowest BCUT2D eigenvalue weighted by Crippen LogP contribution is -2.15. The van der Waals surface area contributed by atoms with Crippen LogP contribution in [0.2, 0.25) is 5.02 Å². The van der Waals surface area contributed by atoms with Crippen molar-refractivity contribution in [3.05, 3.63) is 45.9 Å². The molecule has 0 aliphatic rings. The molecule has 0 saturated heterocycles. The van der Waals surface area contributed by atoms with Crippen LogP contribution < -0.4 is 15.2 Å². The summed E-state index contributed by atoms with van der Waals surface area (Å²) < 4.78 is 33.0. The molecule has 8 heteroatoms. The molecule has 0 heterocycles. The quantitative estimate of drug-likeness (QED) is 0.782. The lowest BCUT2D eigenvalue weighted by atomic mass is 10.3. The Morgan fingerprint density at radius 2 is 1.95 bits per heavy atom. The van der Waals surface area contributed by atoms with Gasteiger partial charge >= 0.3 is 0 Å². The molecule has 0 amide bonds. The van der Waals surface area contributed by atoms with Gasteiger partial charge in [-0.15, -0.1) is 0 Å². The van der Waals surface area contributed by atoms with Crippen LogP contribution in [0.5, 0.6) is 5.75 Å². The molecular formula is C13H12BrClN2O3S. The Bertz CT molecular complexity index is 781. The van der Waals surface area contributed by atoms with Gasteiger partial charge < -0.3 is 10.5 Å². The molecule has 2 aromatic carbocycles. The Morgan fingerprint density at radius 1 is 1.24 bits per heavy atom. The summed E-state index contributed by atoms with van der Waals surface area (Å²) >= 11 is 9.10. The van der Waals surface area contributed by atoms with Gasteiger partial charge in [-0.05, 0) is 36.4 Å². The van der Waals surface area contributed by atoms with Crippen LogP contribution in [-0.4, -0.2) is 15.5 Å². The van der Waals surface area contributed by atoms with Gasteiger partial charge in [-0.3, -0.25) is 4.72 Å². The Hall–Kier alpha value is -1.44. The lowest BCUT2D eigenvalue weighted by Gasteiger charge is -2.13. The summed E-state index contributed by atoms with van der Waals surface area (Å²) in [5, 5.41) is 0.385. The maximum atomic E-state index is 12.4. The Kier molecular flexibility index (Phi) is 4.65. The molecule has 0 spiro atoms. The molecule has 0 unspecified atom stereocenters. The topological polar surface area (TPSA) is 81.4 Å². The summed E-state index contributed by atoms with van der Waals surface area (Å²) in [5.74, 6) is 0.358. The van der Waals surface area contributed by atoms with Gasteiger partial charge in [0, 0.05) is 9.50 Å². The first kappa shape index (κ1) is 15.9. The van der Waals surface area contributed by atoms with E-state index in [9.17, 15) is 8.42 Å². The van der Waals surface area contributed by atoms with E-state index < -0.39 is 10.0 Å². The second-order valence-electron chi connectivity index (χ2n) is 4.13. The number of hydrogen-bond acceptors (Lipinski definition) is 4. The van der Waals surface area contributed by atoms with Crippen molar-refractivity contribution in [1.82, 2.24) is 0 Å². The van der Waals surface area contributed by atoms with Crippen LogP contribution in [-0.2, 0) is 10.0 Å². The highest BCUT2D eigenvalue weighted by atomic mass is 79.9. The molecule has 5 nitrogen and oxygen atoms in total. The Morgan fingerprint density at radius 3 is 2.62 bits per heavy atom. The molecule has 21 heavy (non-hydrogen) atoms. The van der Waals surface area contributed by atoms with E-state index in [-0.39, 0.29) is 16.3 Å². The molecule has 0 aliphatic heterocycles. The average Bonchev–Trinajstić information content (AvgIpc) is 2.41. The SMILES string of the molecule is COc1ccc(Cl)cc1NS(=O)(=O)c1cc(Br)ccc1N. The second-order valence-corrected chi connectivity index (χ2v) is 7.14. The van der Waals surface area contributed by atoms with Gasteiger partial charge in [0.1, 0.15) is 10.6 Å². The molecule has 112 valence electrons. The number of hydrogen-bond donors (Lipinski definition) is 2. The lowest BCUT2D eigenvalue weighted by molar-refractivity contribution is 0.417. The van der Waals surface area contributed by atoms with Gasteiger partial charge in [0.2, 0.25) is 0 Å². The van der Waals surface area contributed by atoms with Crippen LogP contribution in [0, 0.1) is 0 Å². The van der Waals surface area contributed by atoms with Crippen molar-refractivity contribution in [3.8, 4) is 5.75 Å². The van der Waals surface area contributed by atoms with E-state index in [1.807, 2.05) is 0 Å².